The lowest BCUT2D eigenvalue weighted by Gasteiger charge is -2.25. The molecule has 0 saturated heterocycles. The largest absolute Gasteiger partial charge is 0.361 e. The van der Waals surface area contributed by atoms with Gasteiger partial charge < -0.3 is 10.2 Å². The number of rotatable bonds is 1. The zero-order chi connectivity index (χ0) is 15.5. The van der Waals surface area contributed by atoms with Gasteiger partial charge in [-0.05, 0) is 54.5 Å². The van der Waals surface area contributed by atoms with Gasteiger partial charge in [0.05, 0.1) is 11.6 Å². The number of benzene rings is 1. The Balaban J connectivity index is 1.80. The fourth-order valence-electron chi connectivity index (χ4n) is 3.42. The second-order valence-electron chi connectivity index (χ2n) is 6.32. The van der Waals surface area contributed by atoms with E-state index in [1.165, 1.54) is 30.4 Å². The van der Waals surface area contributed by atoms with Crippen LogP contribution in [0.25, 0.3) is 0 Å². The Morgan fingerprint density at radius 1 is 1.27 bits per heavy atom. The quantitative estimate of drug-likeness (QED) is 0.637. The van der Waals surface area contributed by atoms with Crippen LogP contribution >= 0.6 is 0 Å². The molecule has 1 aliphatic carbocycles. The fraction of sp³-hybridized carbons (Fsp3) is 0.421. The van der Waals surface area contributed by atoms with Gasteiger partial charge in [-0.15, -0.1) is 0 Å². The van der Waals surface area contributed by atoms with E-state index in [0.717, 1.165) is 17.7 Å². The van der Waals surface area contributed by atoms with Crippen LogP contribution in [-0.4, -0.2) is 19.0 Å². The molecular weight excluding hydrogens is 270 g/mol. The molecule has 0 bridgehead atoms. The third kappa shape index (κ3) is 2.95. The maximum atomic E-state index is 9.07. The van der Waals surface area contributed by atoms with Crippen LogP contribution in [0.4, 0.5) is 5.69 Å². The molecule has 0 aromatic heterocycles. The van der Waals surface area contributed by atoms with Crippen LogP contribution < -0.4 is 5.32 Å². The van der Waals surface area contributed by atoms with Crippen molar-refractivity contribution in [2.45, 2.75) is 25.7 Å². The molecule has 1 heterocycles. The van der Waals surface area contributed by atoms with Crippen molar-refractivity contribution in [2.24, 2.45) is 11.8 Å². The molecule has 1 N–H and O–H groups in total. The molecule has 1 aromatic rings. The molecule has 3 heteroatoms. The molecule has 3 rings (SSSR count). The summed E-state index contributed by atoms with van der Waals surface area (Å²) in [6.45, 7) is 0. The van der Waals surface area contributed by atoms with Crippen LogP contribution in [0.1, 0.15) is 30.4 Å². The lowest BCUT2D eigenvalue weighted by atomic mass is 9.84. The van der Waals surface area contributed by atoms with Gasteiger partial charge >= 0.3 is 0 Å². The molecule has 1 aliphatic heterocycles. The summed E-state index contributed by atoms with van der Waals surface area (Å²) in [4.78, 5) is 1.93. The van der Waals surface area contributed by atoms with Gasteiger partial charge in [0.15, 0.2) is 0 Å². The third-order valence-corrected chi connectivity index (χ3v) is 4.51. The minimum Gasteiger partial charge on any atom is -0.361 e. The van der Waals surface area contributed by atoms with E-state index >= 15 is 0 Å². The maximum absolute atomic E-state index is 9.07. The normalized spacial score (nSPS) is 22.5. The molecule has 1 aromatic carbocycles. The van der Waals surface area contributed by atoms with Crippen molar-refractivity contribution in [3.05, 3.63) is 41.1 Å². The monoisotopic (exact) mass is 291 g/mol. The molecule has 0 radical (unpaired) electrons. The van der Waals surface area contributed by atoms with Gasteiger partial charge in [0.2, 0.25) is 0 Å². The van der Waals surface area contributed by atoms with Crippen LogP contribution in [0.2, 0.25) is 0 Å². The number of anilines is 1. The molecule has 3 nitrogen and oxygen atoms in total. The second-order valence-corrected chi connectivity index (χ2v) is 6.32. The Labute approximate surface area is 132 Å². The van der Waals surface area contributed by atoms with Gasteiger partial charge in [0.25, 0.3) is 0 Å². The Morgan fingerprint density at radius 2 is 2.14 bits per heavy atom. The average molecular weight is 291 g/mol. The van der Waals surface area contributed by atoms with Crippen molar-refractivity contribution in [1.82, 2.24) is 4.90 Å². The minimum atomic E-state index is 0.455. The van der Waals surface area contributed by atoms with Crippen LogP contribution in [0.3, 0.4) is 0 Å². The SMILES string of the molecule is CN(C)C#CC1CCC[C@@H]1C1=CNc2ccc(C#N)cc2C1. The van der Waals surface area contributed by atoms with Crippen LogP contribution in [-0.2, 0) is 6.42 Å². The molecule has 2 aliphatic rings. The summed E-state index contributed by atoms with van der Waals surface area (Å²) in [5.41, 5.74) is 4.51. The van der Waals surface area contributed by atoms with Gasteiger partial charge in [-0.3, -0.25) is 0 Å². The fourth-order valence-corrected chi connectivity index (χ4v) is 3.42. The number of allylic oxidation sites excluding steroid dienone is 1. The van der Waals surface area contributed by atoms with Gasteiger partial charge in [-0.25, -0.2) is 0 Å². The standard InChI is InChI=1S/C19H21N3/c1-22(2)9-8-15-4-3-5-18(15)17-11-16-10-14(12-20)6-7-19(16)21-13-17/h6-7,10,13,15,18,21H,3-5,11H2,1-2H3/t15?,18-/m0/s1. The van der Waals surface area contributed by atoms with Crippen molar-refractivity contribution in [2.75, 3.05) is 19.4 Å². The summed E-state index contributed by atoms with van der Waals surface area (Å²) in [5.74, 6) is 4.43. The first-order chi connectivity index (χ1) is 10.7. The topological polar surface area (TPSA) is 39.1 Å². The first-order valence-corrected chi connectivity index (χ1v) is 7.84. The zero-order valence-electron chi connectivity index (χ0n) is 13.2. The molecule has 112 valence electrons. The first kappa shape index (κ1) is 14.5. The Kier molecular flexibility index (Phi) is 4.07. The van der Waals surface area contributed by atoms with Gasteiger partial charge in [0, 0.05) is 37.9 Å². The van der Waals surface area contributed by atoms with Crippen molar-refractivity contribution in [3.63, 3.8) is 0 Å². The summed E-state index contributed by atoms with van der Waals surface area (Å²) in [5, 5.41) is 12.5. The predicted octanol–water partition coefficient (Wildman–Crippen LogP) is 3.35. The maximum Gasteiger partial charge on any atom is 0.0991 e. The van der Waals surface area contributed by atoms with E-state index in [0.29, 0.717) is 11.8 Å². The van der Waals surface area contributed by atoms with E-state index in [1.807, 2.05) is 37.2 Å². The van der Waals surface area contributed by atoms with Gasteiger partial charge in [0.1, 0.15) is 0 Å². The first-order valence-electron chi connectivity index (χ1n) is 7.84. The Hall–Kier alpha value is -2.39. The highest BCUT2D eigenvalue weighted by atomic mass is 15.0. The number of fused-ring (bicyclic) bond motifs is 1. The van der Waals surface area contributed by atoms with E-state index in [2.05, 4.69) is 29.6 Å². The molecule has 22 heavy (non-hydrogen) atoms. The van der Waals surface area contributed by atoms with Crippen molar-refractivity contribution >= 4 is 5.69 Å². The predicted molar refractivity (Wildman–Crippen MR) is 88.9 cm³/mol. The summed E-state index contributed by atoms with van der Waals surface area (Å²) < 4.78 is 0. The molecule has 1 unspecified atom stereocenters. The molecule has 1 fully saturated rings. The lowest BCUT2D eigenvalue weighted by Crippen LogP contribution is -2.16. The number of hydrogen-bond acceptors (Lipinski definition) is 3. The molecule has 0 spiro atoms. The van der Waals surface area contributed by atoms with Gasteiger partial charge in [-0.2, -0.15) is 5.26 Å². The highest BCUT2D eigenvalue weighted by Crippen LogP contribution is 2.40. The smallest absolute Gasteiger partial charge is 0.0991 e. The number of nitrogens with zero attached hydrogens (tertiary/aromatic N) is 2. The molecule has 2 atom stereocenters. The average Bonchev–Trinajstić information content (AvgIpc) is 3.00. The summed E-state index contributed by atoms with van der Waals surface area (Å²) in [6, 6.07) is 11.3. The summed E-state index contributed by atoms with van der Waals surface area (Å²) in [7, 11) is 3.97. The highest BCUT2D eigenvalue weighted by molar-refractivity contribution is 5.60. The van der Waals surface area contributed by atoms with Crippen LogP contribution in [0.5, 0.6) is 0 Å². The van der Waals surface area contributed by atoms with Crippen LogP contribution in [0, 0.1) is 35.1 Å². The zero-order valence-corrected chi connectivity index (χ0v) is 13.2. The van der Waals surface area contributed by atoms with E-state index in [4.69, 9.17) is 5.26 Å². The molecule has 0 amide bonds. The number of hydrogen-bond donors (Lipinski definition) is 1. The van der Waals surface area contributed by atoms with E-state index in [1.54, 1.807) is 0 Å². The lowest BCUT2D eigenvalue weighted by molar-refractivity contribution is 0.525. The second kappa shape index (κ2) is 6.16. The highest BCUT2D eigenvalue weighted by Gasteiger charge is 2.30. The minimum absolute atomic E-state index is 0.455. The van der Waals surface area contributed by atoms with E-state index in [-0.39, 0.29) is 0 Å². The number of nitriles is 1. The number of nitrogens with one attached hydrogen (secondary N) is 1. The van der Waals surface area contributed by atoms with E-state index in [9.17, 15) is 0 Å². The van der Waals surface area contributed by atoms with Crippen molar-refractivity contribution < 1.29 is 0 Å². The van der Waals surface area contributed by atoms with Gasteiger partial charge in [-0.1, -0.05) is 12.3 Å². The van der Waals surface area contributed by atoms with E-state index < -0.39 is 0 Å². The molecular formula is C19H21N3. The van der Waals surface area contributed by atoms with Crippen molar-refractivity contribution in [1.29, 1.82) is 5.26 Å². The van der Waals surface area contributed by atoms with Crippen LogP contribution in [0.15, 0.2) is 30.0 Å². The summed E-state index contributed by atoms with van der Waals surface area (Å²) >= 11 is 0. The Morgan fingerprint density at radius 3 is 2.91 bits per heavy atom. The molecule has 1 saturated carbocycles. The summed E-state index contributed by atoms with van der Waals surface area (Å²) in [6.07, 6.45) is 6.75. The van der Waals surface area contributed by atoms with Crippen molar-refractivity contribution in [3.8, 4) is 18.0 Å². The Bertz CT molecular complexity index is 698. The third-order valence-electron chi connectivity index (χ3n) is 4.51.